The lowest BCUT2D eigenvalue weighted by molar-refractivity contribution is 0.199. The molecule has 1 atom stereocenters. The molecule has 1 aromatic carbocycles. The predicted molar refractivity (Wildman–Crippen MR) is 70.8 cm³/mol. The summed E-state index contributed by atoms with van der Waals surface area (Å²) < 4.78 is 26.3. The second-order valence-corrected chi connectivity index (χ2v) is 6.21. The van der Waals surface area contributed by atoms with Gasteiger partial charge in [0, 0.05) is 13.1 Å². The number of nitrogens with one attached hydrogen (secondary N) is 1. The minimum Gasteiger partial charge on any atom is -0.389 e. The minimum atomic E-state index is -3.46. The quantitative estimate of drug-likeness (QED) is 0.795. The van der Waals surface area contributed by atoms with E-state index in [1.165, 1.54) is 12.1 Å². The van der Waals surface area contributed by atoms with Crippen molar-refractivity contribution in [2.75, 3.05) is 27.2 Å². The molecular formula is C12H20N2O3S. The zero-order chi connectivity index (χ0) is 13.8. The standard InChI is InChI=1S/C12H20N2O3S/c1-10(15)11-4-6-12(7-5-11)18(16,17)13-8-9-14(2)3/h4-7,10,13,15H,8-9H2,1-3H3. The van der Waals surface area contributed by atoms with Crippen LogP contribution in [-0.2, 0) is 10.0 Å². The third kappa shape index (κ3) is 4.38. The number of aliphatic hydroxyl groups excluding tert-OH is 1. The fourth-order valence-electron chi connectivity index (χ4n) is 1.41. The number of hydrogen-bond acceptors (Lipinski definition) is 4. The maximum absolute atomic E-state index is 11.9. The minimum absolute atomic E-state index is 0.214. The Balaban J connectivity index is 2.73. The Kier molecular flexibility index (Phi) is 5.28. The van der Waals surface area contributed by atoms with Crippen LogP contribution in [0.3, 0.4) is 0 Å². The number of aliphatic hydroxyl groups is 1. The van der Waals surface area contributed by atoms with Crippen LogP contribution < -0.4 is 4.72 Å². The van der Waals surface area contributed by atoms with Crippen molar-refractivity contribution in [3.63, 3.8) is 0 Å². The molecule has 0 amide bonds. The van der Waals surface area contributed by atoms with Crippen LogP contribution >= 0.6 is 0 Å². The van der Waals surface area contributed by atoms with Gasteiger partial charge in [0.2, 0.25) is 10.0 Å². The van der Waals surface area contributed by atoms with Gasteiger partial charge in [-0.15, -0.1) is 0 Å². The summed E-state index contributed by atoms with van der Waals surface area (Å²) in [5.74, 6) is 0. The van der Waals surface area contributed by atoms with Crippen molar-refractivity contribution in [1.82, 2.24) is 9.62 Å². The Bertz CT molecular complexity index is 467. The van der Waals surface area contributed by atoms with E-state index in [2.05, 4.69) is 4.72 Å². The molecule has 0 radical (unpaired) electrons. The molecule has 0 spiro atoms. The Labute approximate surface area is 108 Å². The molecule has 0 bridgehead atoms. The summed E-state index contributed by atoms with van der Waals surface area (Å²) in [5.41, 5.74) is 0.697. The topological polar surface area (TPSA) is 69.6 Å². The molecule has 6 heteroatoms. The average molecular weight is 272 g/mol. The number of benzene rings is 1. The van der Waals surface area contributed by atoms with Crippen LogP contribution in [0.2, 0.25) is 0 Å². The molecule has 1 unspecified atom stereocenters. The van der Waals surface area contributed by atoms with Gasteiger partial charge in [-0.1, -0.05) is 12.1 Å². The highest BCUT2D eigenvalue weighted by Crippen LogP contribution is 2.15. The Morgan fingerprint density at radius 1 is 1.28 bits per heavy atom. The lowest BCUT2D eigenvalue weighted by atomic mass is 10.1. The van der Waals surface area contributed by atoms with Gasteiger partial charge in [-0.05, 0) is 38.7 Å². The molecular weight excluding hydrogens is 252 g/mol. The molecule has 0 saturated heterocycles. The first-order valence-electron chi connectivity index (χ1n) is 5.75. The van der Waals surface area contributed by atoms with Crippen molar-refractivity contribution in [2.45, 2.75) is 17.9 Å². The lowest BCUT2D eigenvalue weighted by Crippen LogP contribution is -2.31. The van der Waals surface area contributed by atoms with Gasteiger partial charge in [-0.3, -0.25) is 0 Å². The second-order valence-electron chi connectivity index (χ2n) is 4.45. The van der Waals surface area contributed by atoms with E-state index in [-0.39, 0.29) is 4.90 Å². The number of rotatable bonds is 6. The van der Waals surface area contributed by atoms with Crippen LogP contribution in [0, 0.1) is 0 Å². The maximum atomic E-state index is 11.9. The number of sulfonamides is 1. The summed E-state index contributed by atoms with van der Waals surface area (Å²) in [4.78, 5) is 2.12. The van der Waals surface area contributed by atoms with Gasteiger partial charge < -0.3 is 10.0 Å². The van der Waals surface area contributed by atoms with Crippen LogP contribution in [0.1, 0.15) is 18.6 Å². The number of nitrogens with zero attached hydrogens (tertiary/aromatic N) is 1. The van der Waals surface area contributed by atoms with Gasteiger partial charge >= 0.3 is 0 Å². The predicted octanol–water partition coefficient (Wildman–Crippen LogP) is 0.580. The van der Waals surface area contributed by atoms with E-state index < -0.39 is 16.1 Å². The summed E-state index contributed by atoms with van der Waals surface area (Å²) in [6.07, 6.45) is -0.594. The molecule has 0 aromatic heterocycles. The van der Waals surface area contributed by atoms with E-state index in [4.69, 9.17) is 0 Å². The third-order valence-corrected chi connectivity index (χ3v) is 4.00. The molecule has 1 rings (SSSR count). The van der Waals surface area contributed by atoms with E-state index in [0.717, 1.165) is 0 Å². The van der Waals surface area contributed by atoms with Gasteiger partial charge in [0.05, 0.1) is 11.0 Å². The van der Waals surface area contributed by atoms with E-state index in [9.17, 15) is 13.5 Å². The maximum Gasteiger partial charge on any atom is 0.240 e. The Morgan fingerprint density at radius 3 is 2.28 bits per heavy atom. The molecule has 2 N–H and O–H groups in total. The molecule has 0 aliphatic carbocycles. The first kappa shape index (κ1) is 15.1. The van der Waals surface area contributed by atoms with Gasteiger partial charge in [-0.2, -0.15) is 0 Å². The fourth-order valence-corrected chi connectivity index (χ4v) is 2.43. The van der Waals surface area contributed by atoms with Crippen LogP contribution in [-0.4, -0.2) is 45.6 Å². The zero-order valence-electron chi connectivity index (χ0n) is 10.9. The summed E-state index contributed by atoms with van der Waals surface area (Å²) in [6.45, 7) is 2.65. The summed E-state index contributed by atoms with van der Waals surface area (Å²) in [5, 5.41) is 9.35. The highest BCUT2D eigenvalue weighted by Gasteiger charge is 2.13. The zero-order valence-corrected chi connectivity index (χ0v) is 11.7. The van der Waals surface area contributed by atoms with Gasteiger partial charge in [-0.25, -0.2) is 13.1 Å². The fraction of sp³-hybridized carbons (Fsp3) is 0.500. The van der Waals surface area contributed by atoms with Crippen molar-refractivity contribution < 1.29 is 13.5 Å². The molecule has 0 aliphatic heterocycles. The number of hydrogen-bond donors (Lipinski definition) is 2. The lowest BCUT2D eigenvalue weighted by Gasteiger charge is -2.11. The van der Waals surface area contributed by atoms with Gasteiger partial charge in [0.15, 0.2) is 0 Å². The number of likely N-dealkylation sites (N-methyl/N-ethyl adjacent to an activating group) is 1. The summed E-state index contributed by atoms with van der Waals surface area (Å²) in [7, 11) is 0.305. The van der Waals surface area contributed by atoms with Crippen LogP contribution in [0.5, 0.6) is 0 Å². The highest BCUT2D eigenvalue weighted by atomic mass is 32.2. The third-order valence-electron chi connectivity index (χ3n) is 2.52. The van der Waals surface area contributed by atoms with Crippen molar-refractivity contribution in [3.8, 4) is 0 Å². The molecule has 0 aliphatic rings. The van der Waals surface area contributed by atoms with Crippen molar-refractivity contribution in [3.05, 3.63) is 29.8 Å². The molecule has 0 fully saturated rings. The first-order chi connectivity index (χ1) is 8.33. The average Bonchev–Trinajstić information content (AvgIpc) is 2.28. The van der Waals surface area contributed by atoms with Gasteiger partial charge in [0.1, 0.15) is 0 Å². The normalized spacial score (nSPS) is 13.8. The molecule has 18 heavy (non-hydrogen) atoms. The Morgan fingerprint density at radius 2 is 1.83 bits per heavy atom. The van der Waals surface area contributed by atoms with Crippen LogP contribution in [0.15, 0.2) is 29.2 Å². The first-order valence-corrected chi connectivity index (χ1v) is 7.23. The van der Waals surface area contributed by atoms with Gasteiger partial charge in [0.25, 0.3) is 0 Å². The van der Waals surface area contributed by atoms with E-state index in [0.29, 0.717) is 18.7 Å². The van der Waals surface area contributed by atoms with E-state index in [1.54, 1.807) is 19.1 Å². The molecule has 0 saturated carbocycles. The van der Waals surface area contributed by atoms with E-state index >= 15 is 0 Å². The van der Waals surface area contributed by atoms with Crippen molar-refractivity contribution in [1.29, 1.82) is 0 Å². The van der Waals surface area contributed by atoms with Crippen LogP contribution in [0.25, 0.3) is 0 Å². The monoisotopic (exact) mass is 272 g/mol. The van der Waals surface area contributed by atoms with Crippen molar-refractivity contribution >= 4 is 10.0 Å². The molecule has 5 nitrogen and oxygen atoms in total. The molecule has 1 aromatic rings. The summed E-state index contributed by atoms with van der Waals surface area (Å²) >= 11 is 0. The SMILES string of the molecule is CC(O)c1ccc(S(=O)(=O)NCCN(C)C)cc1. The van der Waals surface area contributed by atoms with Crippen LogP contribution in [0.4, 0.5) is 0 Å². The summed E-state index contributed by atoms with van der Waals surface area (Å²) in [6, 6.07) is 6.23. The molecule has 102 valence electrons. The smallest absolute Gasteiger partial charge is 0.240 e. The largest absolute Gasteiger partial charge is 0.389 e. The Hall–Kier alpha value is -0.950. The second kappa shape index (κ2) is 6.29. The van der Waals surface area contributed by atoms with E-state index in [1.807, 2.05) is 19.0 Å². The molecule has 0 heterocycles. The van der Waals surface area contributed by atoms with Crippen molar-refractivity contribution in [2.24, 2.45) is 0 Å². The highest BCUT2D eigenvalue weighted by molar-refractivity contribution is 7.89.